The largest absolute Gasteiger partial charge is 0.504 e. The number of aliphatic imine (C=N–C) groups is 1. The number of benzene rings is 1. The zero-order valence-electron chi connectivity index (χ0n) is 9.60. The lowest BCUT2D eigenvalue weighted by Gasteiger charge is -2.09. The molecular weight excluding hydrogens is 206 g/mol. The second kappa shape index (κ2) is 4.79. The van der Waals surface area contributed by atoms with Crippen molar-refractivity contribution in [1.82, 2.24) is 0 Å². The van der Waals surface area contributed by atoms with E-state index < -0.39 is 5.54 Å². The maximum absolute atomic E-state index is 10.6. The average molecular weight is 221 g/mol. The minimum atomic E-state index is -0.731. The summed E-state index contributed by atoms with van der Waals surface area (Å²) in [6.07, 6.45) is 2.36. The standard InChI is InChI=1S/C12H15NO3/c1-12(2,8-14)13-7-9-4-5-10(15)11(6-9)16-3/h4-8,15H,1-3H3/b13-7-. The number of rotatable bonds is 4. The number of methoxy groups -OCH3 is 1. The van der Waals surface area contributed by atoms with Crippen LogP contribution in [0.25, 0.3) is 0 Å². The number of hydrogen-bond acceptors (Lipinski definition) is 4. The molecule has 0 fully saturated rings. The van der Waals surface area contributed by atoms with Gasteiger partial charge in [0.2, 0.25) is 0 Å². The number of aldehydes is 1. The normalized spacial score (nSPS) is 11.7. The van der Waals surface area contributed by atoms with Gasteiger partial charge in [-0.1, -0.05) is 0 Å². The number of hydrogen-bond donors (Lipinski definition) is 1. The number of aromatic hydroxyl groups is 1. The molecule has 0 bridgehead atoms. The fraction of sp³-hybridized carbons (Fsp3) is 0.333. The Morgan fingerprint density at radius 2 is 2.12 bits per heavy atom. The van der Waals surface area contributed by atoms with Gasteiger partial charge < -0.3 is 14.6 Å². The molecule has 0 amide bonds. The first kappa shape index (κ1) is 12.2. The van der Waals surface area contributed by atoms with Crippen molar-refractivity contribution in [2.45, 2.75) is 19.4 Å². The van der Waals surface area contributed by atoms with Crippen LogP contribution in [0.1, 0.15) is 19.4 Å². The van der Waals surface area contributed by atoms with Crippen LogP contribution in [-0.4, -0.2) is 30.3 Å². The van der Waals surface area contributed by atoms with Crippen LogP contribution < -0.4 is 4.74 Å². The van der Waals surface area contributed by atoms with Crippen LogP contribution in [0.4, 0.5) is 0 Å². The van der Waals surface area contributed by atoms with Crippen LogP contribution in [-0.2, 0) is 4.79 Å². The van der Waals surface area contributed by atoms with Crippen molar-refractivity contribution in [2.75, 3.05) is 7.11 Å². The Hall–Kier alpha value is -1.84. The van der Waals surface area contributed by atoms with Gasteiger partial charge in [0.1, 0.15) is 11.8 Å². The molecule has 0 aliphatic carbocycles. The van der Waals surface area contributed by atoms with Crippen molar-refractivity contribution in [1.29, 1.82) is 0 Å². The lowest BCUT2D eigenvalue weighted by molar-refractivity contribution is -0.111. The number of carbonyl (C=O) groups is 1. The highest BCUT2D eigenvalue weighted by atomic mass is 16.5. The van der Waals surface area contributed by atoms with Crippen molar-refractivity contribution in [3.63, 3.8) is 0 Å². The summed E-state index contributed by atoms with van der Waals surface area (Å²) in [5, 5.41) is 9.38. The molecule has 0 spiro atoms. The summed E-state index contributed by atoms with van der Waals surface area (Å²) < 4.78 is 4.96. The first-order chi connectivity index (χ1) is 7.48. The van der Waals surface area contributed by atoms with E-state index >= 15 is 0 Å². The van der Waals surface area contributed by atoms with Gasteiger partial charge in [0.25, 0.3) is 0 Å². The lowest BCUT2D eigenvalue weighted by atomic mass is 10.1. The Bertz CT molecular complexity index is 411. The third kappa shape index (κ3) is 3.08. The van der Waals surface area contributed by atoms with Crippen LogP contribution in [0, 0.1) is 0 Å². The van der Waals surface area contributed by atoms with E-state index in [0.717, 1.165) is 11.8 Å². The summed E-state index contributed by atoms with van der Waals surface area (Å²) in [4.78, 5) is 14.8. The first-order valence-electron chi connectivity index (χ1n) is 4.87. The summed E-state index contributed by atoms with van der Waals surface area (Å²) in [5.74, 6) is 0.460. The van der Waals surface area contributed by atoms with Gasteiger partial charge in [0.05, 0.1) is 7.11 Å². The second-order valence-electron chi connectivity index (χ2n) is 3.96. The maximum atomic E-state index is 10.6. The number of carbonyl (C=O) groups excluding carboxylic acids is 1. The maximum Gasteiger partial charge on any atom is 0.161 e. The zero-order valence-corrected chi connectivity index (χ0v) is 9.60. The highest BCUT2D eigenvalue weighted by molar-refractivity contribution is 5.83. The van der Waals surface area contributed by atoms with Crippen LogP contribution in [0.3, 0.4) is 0 Å². The predicted octanol–water partition coefficient (Wildman–Crippen LogP) is 1.80. The molecule has 16 heavy (non-hydrogen) atoms. The number of phenols is 1. The van der Waals surface area contributed by atoms with Crippen LogP contribution >= 0.6 is 0 Å². The Labute approximate surface area is 94.6 Å². The third-order valence-electron chi connectivity index (χ3n) is 2.04. The fourth-order valence-electron chi connectivity index (χ4n) is 1.05. The van der Waals surface area contributed by atoms with E-state index in [1.165, 1.54) is 13.2 Å². The van der Waals surface area contributed by atoms with E-state index in [0.29, 0.717) is 5.75 Å². The summed E-state index contributed by atoms with van der Waals surface area (Å²) in [6.45, 7) is 3.43. The molecular formula is C12H15NO3. The van der Waals surface area contributed by atoms with Gasteiger partial charge in [-0.15, -0.1) is 0 Å². The van der Waals surface area contributed by atoms with E-state index in [1.807, 2.05) is 0 Å². The van der Waals surface area contributed by atoms with Crippen molar-refractivity contribution < 1.29 is 14.6 Å². The fourth-order valence-corrected chi connectivity index (χ4v) is 1.05. The second-order valence-corrected chi connectivity index (χ2v) is 3.96. The van der Waals surface area contributed by atoms with Gasteiger partial charge in [-0.05, 0) is 37.6 Å². The molecule has 4 nitrogen and oxygen atoms in total. The van der Waals surface area contributed by atoms with Crippen LogP contribution in [0.5, 0.6) is 11.5 Å². The van der Waals surface area contributed by atoms with E-state index in [-0.39, 0.29) is 5.75 Å². The summed E-state index contributed by atoms with van der Waals surface area (Å²) >= 11 is 0. The molecule has 0 saturated carbocycles. The minimum Gasteiger partial charge on any atom is -0.504 e. The monoisotopic (exact) mass is 221 g/mol. The average Bonchev–Trinajstić information content (AvgIpc) is 2.28. The molecule has 0 unspecified atom stereocenters. The van der Waals surface area contributed by atoms with Crippen LogP contribution in [0.2, 0.25) is 0 Å². The van der Waals surface area contributed by atoms with E-state index in [9.17, 15) is 9.90 Å². The van der Waals surface area contributed by atoms with Gasteiger partial charge in [-0.25, -0.2) is 0 Å². The summed E-state index contributed by atoms with van der Waals surface area (Å²) in [5.41, 5.74) is 0.0371. The summed E-state index contributed by atoms with van der Waals surface area (Å²) in [6, 6.07) is 4.87. The van der Waals surface area contributed by atoms with Gasteiger partial charge >= 0.3 is 0 Å². The van der Waals surface area contributed by atoms with E-state index in [2.05, 4.69) is 4.99 Å². The molecule has 4 heteroatoms. The molecule has 0 aliphatic rings. The lowest BCUT2D eigenvalue weighted by Crippen LogP contribution is -2.18. The minimum absolute atomic E-state index is 0.0781. The van der Waals surface area contributed by atoms with Gasteiger partial charge in [0, 0.05) is 6.21 Å². The van der Waals surface area contributed by atoms with E-state index in [4.69, 9.17) is 4.74 Å². The van der Waals surface area contributed by atoms with Crippen LogP contribution in [0.15, 0.2) is 23.2 Å². The topological polar surface area (TPSA) is 58.9 Å². The molecule has 86 valence electrons. The number of ether oxygens (including phenoxy) is 1. The van der Waals surface area contributed by atoms with Gasteiger partial charge in [-0.3, -0.25) is 4.99 Å². The van der Waals surface area contributed by atoms with Crippen molar-refractivity contribution in [2.24, 2.45) is 4.99 Å². The van der Waals surface area contributed by atoms with E-state index in [1.54, 1.807) is 32.2 Å². The Morgan fingerprint density at radius 3 is 2.69 bits per heavy atom. The molecule has 0 atom stereocenters. The SMILES string of the molecule is COc1cc(/C=N\C(C)(C)C=O)ccc1O. The first-order valence-corrected chi connectivity index (χ1v) is 4.87. The Balaban J connectivity index is 2.94. The van der Waals surface area contributed by atoms with Crippen molar-refractivity contribution in [3.8, 4) is 11.5 Å². The number of phenolic OH excluding ortho intramolecular Hbond substituents is 1. The smallest absolute Gasteiger partial charge is 0.161 e. The molecule has 0 aromatic heterocycles. The molecule has 0 aliphatic heterocycles. The summed E-state index contributed by atoms with van der Waals surface area (Å²) in [7, 11) is 1.48. The number of nitrogens with zero attached hydrogens (tertiary/aromatic N) is 1. The molecule has 0 heterocycles. The molecule has 0 radical (unpaired) electrons. The molecule has 1 N–H and O–H groups in total. The van der Waals surface area contributed by atoms with Crippen molar-refractivity contribution in [3.05, 3.63) is 23.8 Å². The molecule has 1 aromatic carbocycles. The Kier molecular flexibility index (Phi) is 3.66. The third-order valence-corrected chi connectivity index (χ3v) is 2.04. The predicted molar refractivity (Wildman–Crippen MR) is 62.4 cm³/mol. The van der Waals surface area contributed by atoms with Gasteiger partial charge in [0.15, 0.2) is 11.5 Å². The highest BCUT2D eigenvalue weighted by Gasteiger charge is 2.12. The van der Waals surface area contributed by atoms with Crippen molar-refractivity contribution >= 4 is 12.5 Å². The van der Waals surface area contributed by atoms with Gasteiger partial charge in [-0.2, -0.15) is 0 Å². The molecule has 1 aromatic rings. The highest BCUT2D eigenvalue weighted by Crippen LogP contribution is 2.25. The Morgan fingerprint density at radius 1 is 1.44 bits per heavy atom. The zero-order chi connectivity index (χ0) is 12.2. The quantitative estimate of drug-likeness (QED) is 0.623. The molecule has 1 rings (SSSR count). The molecule has 0 saturated heterocycles.